The topological polar surface area (TPSA) is 52.7 Å². The van der Waals surface area contributed by atoms with Gasteiger partial charge in [0.15, 0.2) is 0 Å². The van der Waals surface area contributed by atoms with Gasteiger partial charge in [-0.1, -0.05) is 19.4 Å². The van der Waals surface area contributed by atoms with E-state index in [0.29, 0.717) is 13.1 Å². The van der Waals surface area contributed by atoms with Crippen LogP contribution in [0.3, 0.4) is 0 Å². The fourth-order valence-electron chi connectivity index (χ4n) is 2.55. The van der Waals surface area contributed by atoms with Crippen molar-refractivity contribution in [1.82, 2.24) is 13.9 Å². The zero-order chi connectivity index (χ0) is 15.0. The standard InChI is InChI=1S/C14H29N3O2S/c1-4-6-8-11-16(3)20(18,19)17-12-9-7-10-14(17)13-15-5-2/h4,14-15H,1,5-13H2,2-3H3. The predicted octanol–water partition coefficient (Wildman–Crippen LogP) is 1.59. The summed E-state index contributed by atoms with van der Waals surface area (Å²) >= 11 is 0. The molecule has 0 aliphatic carbocycles. The molecule has 20 heavy (non-hydrogen) atoms. The summed E-state index contributed by atoms with van der Waals surface area (Å²) in [5, 5.41) is 3.27. The third-order valence-corrected chi connectivity index (χ3v) is 5.82. The first-order chi connectivity index (χ1) is 9.54. The van der Waals surface area contributed by atoms with Gasteiger partial charge in [-0.15, -0.1) is 6.58 Å². The van der Waals surface area contributed by atoms with Crippen LogP contribution in [0.2, 0.25) is 0 Å². The highest BCUT2D eigenvalue weighted by atomic mass is 32.2. The molecular weight excluding hydrogens is 274 g/mol. The summed E-state index contributed by atoms with van der Waals surface area (Å²) < 4.78 is 28.5. The maximum atomic E-state index is 12.7. The van der Waals surface area contributed by atoms with Gasteiger partial charge in [-0.2, -0.15) is 17.0 Å². The van der Waals surface area contributed by atoms with Crippen molar-refractivity contribution in [1.29, 1.82) is 0 Å². The van der Waals surface area contributed by atoms with Gasteiger partial charge in [0.05, 0.1) is 0 Å². The van der Waals surface area contributed by atoms with Gasteiger partial charge in [-0.25, -0.2) is 0 Å². The minimum Gasteiger partial charge on any atom is -0.315 e. The monoisotopic (exact) mass is 303 g/mol. The van der Waals surface area contributed by atoms with Gasteiger partial charge in [-0.3, -0.25) is 0 Å². The van der Waals surface area contributed by atoms with Gasteiger partial charge in [0, 0.05) is 32.7 Å². The second-order valence-electron chi connectivity index (χ2n) is 5.33. The van der Waals surface area contributed by atoms with Crippen LogP contribution in [0, 0.1) is 0 Å². The van der Waals surface area contributed by atoms with E-state index >= 15 is 0 Å². The lowest BCUT2D eigenvalue weighted by atomic mass is 10.1. The molecule has 1 aliphatic rings. The number of likely N-dealkylation sites (N-methyl/N-ethyl adjacent to an activating group) is 1. The highest BCUT2D eigenvalue weighted by Crippen LogP contribution is 2.22. The Morgan fingerprint density at radius 2 is 2.20 bits per heavy atom. The van der Waals surface area contributed by atoms with Crippen molar-refractivity contribution in [3.05, 3.63) is 12.7 Å². The van der Waals surface area contributed by atoms with Crippen LogP contribution in [0.15, 0.2) is 12.7 Å². The second-order valence-corrected chi connectivity index (χ2v) is 7.32. The molecule has 1 N–H and O–H groups in total. The smallest absolute Gasteiger partial charge is 0.282 e. The zero-order valence-corrected chi connectivity index (χ0v) is 13.7. The van der Waals surface area contributed by atoms with Gasteiger partial charge < -0.3 is 5.32 Å². The maximum absolute atomic E-state index is 12.7. The largest absolute Gasteiger partial charge is 0.315 e. The highest BCUT2D eigenvalue weighted by molar-refractivity contribution is 7.86. The van der Waals surface area contributed by atoms with Crippen molar-refractivity contribution in [2.24, 2.45) is 0 Å². The molecule has 0 aromatic carbocycles. The molecule has 0 amide bonds. The number of allylic oxidation sites excluding steroid dienone is 1. The Hall–Kier alpha value is -0.430. The Bertz CT molecular complexity index is 384. The third kappa shape index (κ3) is 4.84. The lowest BCUT2D eigenvalue weighted by Crippen LogP contribution is -2.52. The zero-order valence-electron chi connectivity index (χ0n) is 12.8. The first-order valence-corrected chi connectivity index (χ1v) is 8.98. The molecule has 1 heterocycles. The van der Waals surface area contributed by atoms with E-state index in [2.05, 4.69) is 11.9 Å². The summed E-state index contributed by atoms with van der Waals surface area (Å²) in [7, 11) is -1.65. The van der Waals surface area contributed by atoms with Gasteiger partial charge in [0.2, 0.25) is 0 Å². The van der Waals surface area contributed by atoms with Crippen molar-refractivity contribution in [2.45, 2.75) is 45.1 Å². The summed E-state index contributed by atoms with van der Waals surface area (Å²) in [5.74, 6) is 0. The summed E-state index contributed by atoms with van der Waals surface area (Å²) in [6.45, 7) is 8.53. The van der Waals surface area contributed by atoms with E-state index < -0.39 is 10.2 Å². The van der Waals surface area contributed by atoms with E-state index in [1.807, 2.05) is 13.0 Å². The maximum Gasteiger partial charge on any atom is 0.282 e. The first-order valence-electron chi connectivity index (χ1n) is 7.58. The van der Waals surface area contributed by atoms with Crippen LogP contribution in [0.4, 0.5) is 0 Å². The average Bonchev–Trinajstić information content (AvgIpc) is 2.45. The van der Waals surface area contributed by atoms with Crippen molar-refractivity contribution < 1.29 is 8.42 Å². The number of nitrogens with one attached hydrogen (secondary N) is 1. The van der Waals surface area contributed by atoms with E-state index in [4.69, 9.17) is 0 Å². The summed E-state index contributed by atoms with van der Waals surface area (Å²) in [4.78, 5) is 0. The summed E-state index contributed by atoms with van der Waals surface area (Å²) in [6, 6.07) is 0.0931. The van der Waals surface area contributed by atoms with Gasteiger partial charge in [-0.05, 0) is 32.2 Å². The Morgan fingerprint density at radius 3 is 2.85 bits per heavy atom. The van der Waals surface area contributed by atoms with Crippen molar-refractivity contribution in [3.8, 4) is 0 Å². The van der Waals surface area contributed by atoms with E-state index in [1.54, 1.807) is 11.4 Å². The molecule has 0 radical (unpaired) electrons. The fourth-order valence-corrected chi connectivity index (χ4v) is 4.18. The number of hydrogen-bond donors (Lipinski definition) is 1. The number of piperidine rings is 1. The van der Waals surface area contributed by atoms with Gasteiger partial charge >= 0.3 is 0 Å². The Balaban J connectivity index is 2.68. The van der Waals surface area contributed by atoms with Crippen LogP contribution < -0.4 is 5.32 Å². The Kier molecular flexibility index (Phi) is 7.72. The van der Waals surface area contributed by atoms with Crippen LogP contribution in [-0.4, -0.2) is 56.3 Å². The average molecular weight is 303 g/mol. The van der Waals surface area contributed by atoms with Crippen LogP contribution in [0.25, 0.3) is 0 Å². The predicted molar refractivity (Wildman–Crippen MR) is 83.9 cm³/mol. The summed E-state index contributed by atoms with van der Waals surface area (Å²) in [5.41, 5.74) is 0. The van der Waals surface area contributed by atoms with Crippen LogP contribution >= 0.6 is 0 Å². The first kappa shape index (κ1) is 17.6. The van der Waals surface area contributed by atoms with E-state index in [1.165, 1.54) is 4.31 Å². The molecule has 0 aromatic heterocycles. The molecule has 5 nitrogen and oxygen atoms in total. The van der Waals surface area contributed by atoms with Crippen molar-refractivity contribution >= 4 is 10.2 Å². The molecule has 1 atom stereocenters. The van der Waals surface area contributed by atoms with Gasteiger partial charge in [0.25, 0.3) is 10.2 Å². The van der Waals surface area contributed by atoms with Crippen LogP contribution in [0.1, 0.15) is 39.0 Å². The SMILES string of the molecule is C=CCCCN(C)S(=O)(=O)N1CCCCC1CNCC. The van der Waals surface area contributed by atoms with Crippen molar-refractivity contribution in [3.63, 3.8) is 0 Å². The van der Waals surface area contributed by atoms with Crippen LogP contribution in [-0.2, 0) is 10.2 Å². The minimum atomic E-state index is -3.33. The molecule has 6 heteroatoms. The molecule has 0 bridgehead atoms. The van der Waals surface area contributed by atoms with E-state index in [9.17, 15) is 8.42 Å². The molecule has 0 spiro atoms. The van der Waals surface area contributed by atoms with E-state index in [0.717, 1.165) is 45.2 Å². The number of nitrogens with zero attached hydrogens (tertiary/aromatic N) is 2. The lowest BCUT2D eigenvalue weighted by molar-refractivity contribution is 0.231. The molecule has 1 saturated heterocycles. The molecule has 118 valence electrons. The minimum absolute atomic E-state index is 0.0931. The number of hydrogen-bond acceptors (Lipinski definition) is 3. The Morgan fingerprint density at radius 1 is 1.45 bits per heavy atom. The third-order valence-electron chi connectivity index (χ3n) is 3.77. The van der Waals surface area contributed by atoms with Crippen molar-refractivity contribution in [2.75, 3.05) is 33.2 Å². The fraction of sp³-hybridized carbons (Fsp3) is 0.857. The normalized spacial score (nSPS) is 21.2. The lowest BCUT2D eigenvalue weighted by Gasteiger charge is -2.37. The quantitative estimate of drug-likeness (QED) is 0.520. The molecule has 0 aromatic rings. The number of unbranched alkanes of at least 4 members (excludes halogenated alkanes) is 1. The Labute approximate surface area is 124 Å². The molecule has 1 unspecified atom stereocenters. The number of rotatable bonds is 9. The van der Waals surface area contributed by atoms with E-state index in [-0.39, 0.29) is 6.04 Å². The second kappa shape index (κ2) is 8.77. The molecule has 0 saturated carbocycles. The summed E-state index contributed by atoms with van der Waals surface area (Å²) in [6.07, 6.45) is 6.53. The van der Waals surface area contributed by atoms with Gasteiger partial charge in [0.1, 0.15) is 0 Å². The molecule has 1 fully saturated rings. The molecule has 1 aliphatic heterocycles. The van der Waals surface area contributed by atoms with Crippen LogP contribution in [0.5, 0.6) is 0 Å². The highest BCUT2D eigenvalue weighted by Gasteiger charge is 2.34. The molecule has 1 rings (SSSR count). The molecular formula is C14H29N3O2S.